The standard InChI is InChI=1S/C9H12N2O5S/c10-17(15,16)4-3-11-9(14)7-2-1-6(12)5-8(7)13/h1-2,5,12-13H,3-4H2,(H,11,14)(H2,10,15,16). The van der Waals surface area contributed by atoms with Crippen molar-refractivity contribution in [2.75, 3.05) is 12.3 Å². The van der Waals surface area contributed by atoms with Gasteiger partial charge in [-0.3, -0.25) is 4.79 Å². The Labute approximate surface area is 97.9 Å². The summed E-state index contributed by atoms with van der Waals surface area (Å²) >= 11 is 0. The summed E-state index contributed by atoms with van der Waals surface area (Å²) in [5, 5.41) is 25.4. The molecule has 0 bridgehead atoms. The van der Waals surface area contributed by atoms with E-state index >= 15 is 0 Å². The zero-order valence-electron chi connectivity index (χ0n) is 8.75. The largest absolute Gasteiger partial charge is 0.508 e. The van der Waals surface area contributed by atoms with Crippen molar-refractivity contribution in [2.45, 2.75) is 0 Å². The number of carbonyl (C=O) groups is 1. The van der Waals surface area contributed by atoms with Gasteiger partial charge in [0, 0.05) is 12.6 Å². The average Bonchev–Trinajstić information content (AvgIpc) is 2.15. The minimum Gasteiger partial charge on any atom is -0.508 e. The highest BCUT2D eigenvalue weighted by Crippen LogP contribution is 2.22. The summed E-state index contributed by atoms with van der Waals surface area (Å²) in [4.78, 5) is 11.5. The number of phenolic OH excluding ortho intramolecular Hbond substituents is 2. The average molecular weight is 260 g/mol. The van der Waals surface area contributed by atoms with Gasteiger partial charge in [0.15, 0.2) is 0 Å². The van der Waals surface area contributed by atoms with Crippen LogP contribution >= 0.6 is 0 Å². The van der Waals surface area contributed by atoms with Gasteiger partial charge in [-0.15, -0.1) is 0 Å². The van der Waals surface area contributed by atoms with Gasteiger partial charge in [-0.25, -0.2) is 13.6 Å². The molecule has 94 valence electrons. The molecule has 0 aliphatic carbocycles. The molecule has 1 rings (SSSR count). The van der Waals surface area contributed by atoms with E-state index in [0.29, 0.717) is 0 Å². The molecule has 1 aromatic carbocycles. The van der Waals surface area contributed by atoms with Crippen molar-refractivity contribution in [3.05, 3.63) is 23.8 Å². The maximum Gasteiger partial charge on any atom is 0.255 e. The van der Waals surface area contributed by atoms with Crippen molar-refractivity contribution in [3.8, 4) is 11.5 Å². The number of primary sulfonamides is 1. The fourth-order valence-electron chi connectivity index (χ4n) is 1.11. The molecule has 0 atom stereocenters. The minimum atomic E-state index is -3.64. The van der Waals surface area contributed by atoms with E-state index in [9.17, 15) is 18.3 Å². The third-order valence-electron chi connectivity index (χ3n) is 1.90. The van der Waals surface area contributed by atoms with Crippen molar-refractivity contribution >= 4 is 15.9 Å². The maximum absolute atomic E-state index is 11.5. The van der Waals surface area contributed by atoms with Gasteiger partial charge in [0.05, 0.1) is 11.3 Å². The Balaban J connectivity index is 2.65. The van der Waals surface area contributed by atoms with Crippen LogP contribution in [0.4, 0.5) is 0 Å². The summed E-state index contributed by atoms with van der Waals surface area (Å²) in [6.45, 7) is -0.155. The molecule has 7 nitrogen and oxygen atoms in total. The fourth-order valence-corrected chi connectivity index (χ4v) is 1.50. The number of sulfonamides is 1. The number of hydrogen-bond acceptors (Lipinski definition) is 5. The second-order valence-corrected chi connectivity index (χ2v) is 5.06. The second kappa shape index (κ2) is 5.02. The second-order valence-electron chi connectivity index (χ2n) is 3.32. The van der Waals surface area contributed by atoms with E-state index in [1.165, 1.54) is 12.1 Å². The number of rotatable bonds is 4. The van der Waals surface area contributed by atoms with Gasteiger partial charge in [-0.2, -0.15) is 0 Å². The van der Waals surface area contributed by atoms with Gasteiger partial charge in [0.2, 0.25) is 10.0 Å². The van der Waals surface area contributed by atoms with E-state index in [0.717, 1.165) is 6.07 Å². The van der Waals surface area contributed by atoms with Crippen LogP contribution in [-0.2, 0) is 10.0 Å². The van der Waals surface area contributed by atoms with Crippen molar-refractivity contribution < 1.29 is 23.4 Å². The smallest absolute Gasteiger partial charge is 0.255 e. The first kappa shape index (κ1) is 13.3. The Morgan fingerprint density at radius 2 is 2.00 bits per heavy atom. The van der Waals surface area contributed by atoms with Crippen LogP contribution < -0.4 is 10.5 Å². The first-order valence-corrected chi connectivity index (χ1v) is 6.32. The summed E-state index contributed by atoms with van der Waals surface area (Å²) in [6.07, 6.45) is 0. The monoisotopic (exact) mass is 260 g/mol. The lowest BCUT2D eigenvalue weighted by atomic mass is 10.2. The van der Waals surface area contributed by atoms with E-state index in [4.69, 9.17) is 10.2 Å². The van der Waals surface area contributed by atoms with E-state index < -0.39 is 27.4 Å². The third kappa shape index (κ3) is 4.29. The topological polar surface area (TPSA) is 130 Å². The molecule has 1 amide bonds. The quantitative estimate of drug-likeness (QED) is 0.558. The number of nitrogens with two attached hydrogens (primary N) is 1. The van der Waals surface area contributed by atoms with Crippen molar-refractivity contribution in [3.63, 3.8) is 0 Å². The van der Waals surface area contributed by atoms with Gasteiger partial charge in [0.25, 0.3) is 5.91 Å². The predicted molar refractivity (Wildman–Crippen MR) is 60.1 cm³/mol. The van der Waals surface area contributed by atoms with Crippen molar-refractivity contribution in [2.24, 2.45) is 5.14 Å². The number of carbonyl (C=O) groups excluding carboxylic acids is 1. The van der Waals surface area contributed by atoms with E-state index in [-0.39, 0.29) is 17.9 Å². The SMILES string of the molecule is NS(=O)(=O)CCNC(=O)c1ccc(O)cc1O. The Morgan fingerprint density at radius 1 is 1.35 bits per heavy atom. The first-order chi connectivity index (χ1) is 7.79. The lowest BCUT2D eigenvalue weighted by molar-refractivity contribution is 0.0953. The van der Waals surface area contributed by atoms with Gasteiger partial charge >= 0.3 is 0 Å². The summed E-state index contributed by atoms with van der Waals surface area (Å²) in [6, 6.07) is 3.46. The van der Waals surface area contributed by atoms with Crippen molar-refractivity contribution in [1.29, 1.82) is 0 Å². The van der Waals surface area contributed by atoms with Gasteiger partial charge in [-0.1, -0.05) is 0 Å². The zero-order chi connectivity index (χ0) is 13.1. The zero-order valence-corrected chi connectivity index (χ0v) is 9.57. The lowest BCUT2D eigenvalue weighted by Gasteiger charge is -2.06. The molecule has 0 heterocycles. The van der Waals surface area contributed by atoms with Gasteiger partial charge < -0.3 is 15.5 Å². The summed E-state index contributed by atoms with van der Waals surface area (Å²) in [5.41, 5.74) is -0.0581. The number of aromatic hydroxyl groups is 2. The summed E-state index contributed by atoms with van der Waals surface area (Å²) in [5.74, 6) is -1.61. The van der Waals surface area contributed by atoms with Crippen LogP contribution in [0.2, 0.25) is 0 Å². The molecule has 8 heteroatoms. The van der Waals surface area contributed by atoms with Crippen LogP contribution in [0, 0.1) is 0 Å². The van der Waals surface area contributed by atoms with Crippen LogP contribution in [0.3, 0.4) is 0 Å². The molecule has 5 N–H and O–H groups in total. The summed E-state index contributed by atoms with van der Waals surface area (Å²) in [7, 11) is -3.64. The molecule has 1 aromatic rings. The molecule has 17 heavy (non-hydrogen) atoms. The van der Waals surface area contributed by atoms with E-state index in [1.54, 1.807) is 0 Å². The molecule has 0 aliphatic heterocycles. The molecule has 0 saturated carbocycles. The highest BCUT2D eigenvalue weighted by atomic mass is 32.2. The number of benzene rings is 1. The molecule has 0 aliphatic rings. The Morgan fingerprint density at radius 3 is 2.53 bits per heavy atom. The minimum absolute atomic E-state index is 0.0581. The molecule has 0 radical (unpaired) electrons. The molecule has 0 saturated heterocycles. The predicted octanol–water partition coefficient (Wildman–Crippen LogP) is -0.884. The molecule has 0 spiro atoms. The molecule has 0 fully saturated rings. The normalized spacial score (nSPS) is 11.1. The Bertz CT molecular complexity index is 526. The van der Waals surface area contributed by atoms with Gasteiger partial charge in [0.1, 0.15) is 11.5 Å². The van der Waals surface area contributed by atoms with Crippen LogP contribution in [0.1, 0.15) is 10.4 Å². The molecular formula is C9H12N2O5S. The molecular weight excluding hydrogens is 248 g/mol. The number of nitrogens with one attached hydrogen (secondary N) is 1. The highest BCUT2D eigenvalue weighted by Gasteiger charge is 2.12. The maximum atomic E-state index is 11.5. The Kier molecular flexibility index (Phi) is 3.92. The number of hydrogen-bond donors (Lipinski definition) is 4. The third-order valence-corrected chi connectivity index (χ3v) is 2.67. The Hall–Kier alpha value is -1.80. The van der Waals surface area contributed by atoms with Crippen LogP contribution in [0.15, 0.2) is 18.2 Å². The van der Waals surface area contributed by atoms with E-state index in [2.05, 4.69) is 5.32 Å². The van der Waals surface area contributed by atoms with Gasteiger partial charge in [-0.05, 0) is 12.1 Å². The van der Waals surface area contributed by atoms with Crippen LogP contribution in [0.25, 0.3) is 0 Å². The molecule has 0 unspecified atom stereocenters. The van der Waals surface area contributed by atoms with Crippen LogP contribution in [0.5, 0.6) is 11.5 Å². The van der Waals surface area contributed by atoms with Crippen molar-refractivity contribution in [1.82, 2.24) is 5.32 Å². The number of phenols is 2. The number of amides is 1. The lowest BCUT2D eigenvalue weighted by Crippen LogP contribution is -2.31. The highest BCUT2D eigenvalue weighted by molar-refractivity contribution is 7.89. The van der Waals surface area contributed by atoms with Crippen LogP contribution in [-0.4, -0.2) is 36.8 Å². The van der Waals surface area contributed by atoms with E-state index in [1.807, 2.05) is 0 Å². The summed E-state index contributed by atoms with van der Waals surface area (Å²) < 4.78 is 21.2. The first-order valence-electron chi connectivity index (χ1n) is 4.60. The fraction of sp³-hybridized carbons (Fsp3) is 0.222. The molecule has 0 aromatic heterocycles.